The lowest BCUT2D eigenvalue weighted by molar-refractivity contribution is -0.137. The molecule has 2 atom stereocenters. The molecule has 0 bridgehead atoms. The average molecular weight is 404 g/mol. The molecule has 0 aromatic heterocycles. The molecule has 152 valence electrons. The van der Waals surface area contributed by atoms with E-state index in [2.05, 4.69) is 16.6 Å². The van der Waals surface area contributed by atoms with Crippen molar-refractivity contribution in [3.8, 4) is 0 Å². The number of allylic oxidation sites excluding steroid dienone is 3. The van der Waals surface area contributed by atoms with Gasteiger partial charge in [0.1, 0.15) is 5.75 Å². The van der Waals surface area contributed by atoms with Gasteiger partial charge in [-0.15, -0.1) is 0 Å². The predicted molar refractivity (Wildman–Crippen MR) is 112 cm³/mol. The van der Waals surface area contributed by atoms with Gasteiger partial charge in [-0.1, -0.05) is 48.6 Å². The highest BCUT2D eigenvalue weighted by atomic mass is 32.2. The zero-order valence-electron chi connectivity index (χ0n) is 16.6. The van der Waals surface area contributed by atoms with Gasteiger partial charge in [0.15, 0.2) is 9.84 Å². The van der Waals surface area contributed by atoms with Crippen molar-refractivity contribution in [2.45, 2.75) is 43.4 Å². The van der Waals surface area contributed by atoms with E-state index in [4.69, 9.17) is 0 Å². The number of carbonyl (C=O) groups excluding carboxylic acids is 1. The van der Waals surface area contributed by atoms with Crippen molar-refractivity contribution >= 4 is 21.4 Å². The van der Waals surface area contributed by atoms with Gasteiger partial charge < -0.3 is 9.64 Å². The number of likely N-dealkylation sites (tertiary alicyclic amines) is 1. The van der Waals surface area contributed by atoms with Gasteiger partial charge in [0.25, 0.3) is 0 Å². The molecule has 1 aromatic rings. The van der Waals surface area contributed by atoms with Crippen molar-refractivity contribution in [1.82, 2.24) is 4.90 Å². The number of rotatable bonds is 7. The van der Waals surface area contributed by atoms with E-state index >= 15 is 0 Å². The molecule has 0 amide bonds. The smallest absolute Gasteiger partial charge is 0.320 e. The molecule has 0 spiro atoms. The van der Waals surface area contributed by atoms with Crippen LogP contribution in [0.4, 0.5) is 0 Å². The maximum absolute atomic E-state index is 13.2. The molecule has 1 aromatic carbocycles. The standard InChI is InChI=1S/C22H29NO4S/c1-18-7-6-15-23(18)16-14-22(28(25,26)17-21(24)27-2)12-10-20(11-13-22)19-8-4-3-5-9-19/h3-5,8-12,18H,6-7,13-17H2,1-2H3/t18-,22?/m1/s1. The van der Waals surface area contributed by atoms with Gasteiger partial charge >= 0.3 is 5.97 Å². The summed E-state index contributed by atoms with van der Waals surface area (Å²) in [5.74, 6) is -1.29. The largest absolute Gasteiger partial charge is 0.468 e. The van der Waals surface area contributed by atoms with Crippen LogP contribution in [0.2, 0.25) is 0 Å². The van der Waals surface area contributed by atoms with Gasteiger partial charge in [-0.2, -0.15) is 0 Å². The lowest BCUT2D eigenvalue weighted by atomic mass is 9.90. The third-order valence-corrected chi connectivity index (χ3v) is 8.37. The second kappa shape index (κ2) is 8.62. The summed E-state index contributed by atoms with van der Waals surface area (Å²) in [5.41, 5.74) is 2.07. The number of hydrogen-bond donors (Lipinski definition) is 0. The van der Waals surface area contributed by atoms with Gasteiger partial charge in [-0.3, -0.25) is 4.79 Å². The molecule has 5 nitrogen and oxygen atoms in total. The van der Waals surface area contributed by atoms with Crippen LogP contribution < -0.4 is 0 Å². The van der Waals surface area contributed by atoms with Crippen LogP contribution in [0, 0.1) is 0 Å². The monoisotopic (exact) mass is 403 g/mol. The lowest BCUT2D eigenvalue weighted by Gasteiger charge is -2.34. The number of hydrogen-bond acceptors (Lipinski definition) is 5. The Bertz CT molecular complexity index is 860. The lowest BCUT2D eigenvalue weighted by Crippen LogP contribution is -2.44. The normalized spacial score (nSPS) is 25.5. The summed E-state index contributed by atoms with van der Waals surface area (Å²) in [4.78, 5) is 14.1. The topological polar surface area (TPSA) is 63.7 Å². The second-order valence-electron chi connectivity index (χ2n) is 7.74. The van der Waals surface area contributed by atoms with E-state index < -0.39 is 26.3 Å². The Balaban J connectivity index is 1.85. The molecule has 6 heteroatoms. The Labute approximate surface area is 168 Å². The van der Waals surface area contributed by atoms with Crippen LogP contribution in [0.5, 0.6) is 0 Å². The molecule has 28 heavy (non-hydrogen) atoms. The first kappa shape index (κ1) is 20.8. The van der Waals surface area contributed by atoms with Crippen molar-refractivity contribution < 1.29 is 17.9 Å². The van der Waals surface area contributed by atoms with E-state index in [1.165, 1.54) is 7.11 Å². The number of carbonyl (C=O) groups is 1. The number of nitrogens with zero attached hydrogens (tertiary/aromatic N) is 1. The van der Waals surface area contributed by atoms with Crippen molar-refractivity contribution in [1.29, 1.82) is 0 Å². The van der Waals surface area contributed by atoms with Crippen LogP contribution in [-0.2, 0) is 19.4 Å². The predicted octanol–water partition coefficient (Wildman–Crippen LogP) is 3.23. The summed E-state index contributed by atoms with van der Waals surface area (Å²) >= 11 is 0. The summed E-state index contributed by atoms with van der Waals surface area (Å²) in [6.07, 6.45) is 8.82. The Morgan fingerprint density at radius 1 is 1.29 bits per heavy atom. The first-order valence-corrected chi connectivity index (χ1v) is 11.5. The van der Waals surface area contributed by atoms with Crippen molar-refractivity contribution in [2.75, 3.05) is 26.0 Å². The van der Waals surface area contributed by atoms with Gasteiger partial charge in [-0.05, 0) is 50.3 Å². The van der Waals surface area contributed by atoms with Gasteiger partial charge in [0.2, 0.25) is 0 Å². The number of benzene rings is 1. The fourth-order valence-electron chi connectivity index (χ4n) is 4.09. The highest BCUT2D eigenvalue weighted by Gasteiger charge is 2.43. The molecule has 3 rings (SSSR count). The Kier molecular flexibility index (Phi) is 6.40. The third-order valence-electron chi connectivity index (χ3n) is 6.01. The summed E-state index contributed by atoms with van der Waals surface area (Å²) in [6.45, 7) is 3.90. The highest BCUT2D eigenvalue weighted by Crippen LogP contribution is 2.36. The van der Waals surface area contributed by atoms with Gasteiger partial charge in [-0.25, -0.2) is 8.42 Å². The first-order chi connectivity index (χ1) is 13.4. The third kappa shape index (κ3) is 4.39. The highest BCUT2D eigenvalue weighted by molar-refractivity contribution is 7.93. The molecule has 1 aliphatic heterocycles. The molecule has 1 saturated heterocycles. The summed E-state index contributed by atoms with van der Waals surface area (Å²) < 4.78 is 30.0. The molecule has 0 radical (unpaired) electrons. The van der Waals surface area contributed by atoms with Crippen molar-refractivity contribution in [3.63, 3.8) is 0 Å². The maximum atomic E-state index is 13.2. The van der Waals surface area contributed by atoms with Crippen LogP contribution in [0.3, 0.4) is 0 Å². The molecule has 0 N–H and O–H groups in total. The maximum Gasteiger partial charge on any atom is 0.320 e. The Morgan fingerprint density at radius 2 is 2.04 bits per heavy atom. The number of ether oxygens (including phenoxy) is 1. The average Bonchev–Trinajstić information content (AvgIpc) is 3.11. The van der Waals surface area contributed by atoms with E-state index in [-0.39, 0.29) is 0 Å². The minimum absolute atomic E-state index is 0.370. The van der Waals surface area contributed by atoms with Gasteiger partial charge in [0.05, 0.1) is 11.9 Å². The molecule has 1 unspecified atom stereocenters. The van der Waals surface area contributed by atoms with Crippen LogP contribution in [0.1, 0.15) is 38.2 Å². The van der Waals surface area contributed by atoms with Crippen LogP contribution in [-0.4, -0.2) is 56.0 Å². The molecular weight excluding hydrogens is 374 g/mol. The SMILES string of the molecule is COC(=O)CS(=O)(=O)C1(CCN2CCC[C@H]2C)C=CC(c2ccccc2)=CC1. The van der Waals surface area contributed by atoms with Crippen molar-refractivity contribution in [3.05, 3.63) is 54.1 Å². The van der Waals surface area contributed by atoms with E-state index in [1.54, 1.807) is 6.08 Å². The quantitative estimate of drug-likeness (QED) is 0.654. The van der Waals surface area contributed by atoms with Crippen molar-refractivity contribution in [2.24, 2.45) is 0 Å². The molecule has 1 aliphatic carbocycles. The Hall–Kier alpha value is -1.92. The Morgan fingerprint density at radius 3 is 2.61 bits per heavy atom. The fourth-order valence-corrected chi connectivity index (χ4v) is 5.82. The summed E-state index contributed by atoms with van der Waals surface area (Å²) in [7, 11) is -2.48. The zero-order valence-corrected chi connectivity index (χ0v) is 17.5. The van der Waals surface area contributed by atoms with E-state index in [9.17, 15) is 13.2 Å². The summed E-state index contributed by atoms with van der Waals surface area (Å²) in [6, 6.07) is 10.4. The molecule has 0 saturated carbocycles. The fraction of sp³-hybridized carbons (Fsp3) is 0.500. The zero-order chi connectivity index (χ0) is 20.2. The molecular formula is C22H29NO4S. The van der Waals surface area contributed by atoms with Crippen LogP contribution >= 0.6 is 0 Å². The van der Waals surface area contributed by atoms with Crippen LogP contribution in [0.25, 0.3) is 5.57 Å². The number of methoxy groups -OCH3 is 1. The first-order valence-electron chi connectivity index (χ1n) is 9.85. The number of sulfone groups is 1. The van der Waals surface area contributed by atoms with E-state index in [0.717, 1.165) is 30.5 Å². The summed E-state index contributed by atoms with van der Waals surface area (Å²) in [5, 5.41) is 0. The minimum atomic E-state index is -3.70. The molecule has 1 fully saturated rings. The molecule has 2 aliphatic rings. The minimum Gasteiger partial charge on any atom is -0.468 e. The molecule has 1 heterocycles. The van der Waals surface area contributed by atoms with Crippen LogP contribution in [0.15, 0.2) is 48.6 Å². The van der Waals surface area contributed by atoms with E-state index in [0.29, 0.717) is 25.4 Å². The van der Waals surface area contributed by atoms with E-state index in [1.807, 2.05) is 42.5 Å². The number of esters is 1. The van der Waals surface area contributed by atoms with Gasteiger partial charge in [0, 0.05) is 12.6 Å². The second-order valence-corrected chi connectivity index (χ2v) is 10.1.